The first-order chi connectivity index (χ1) is 8.60. The summed E-state index contributed by atoms with van der Waals surface area (Å²) < 4.78 is 0. The van der Waals surface area contributed by atoms with Crippen LogP contribution in [-0.4, -0.2) is 17.0 Å². The van der Waals surface area contributed by atoms with Crippen molar-refractivity contribution in [2.24, 2.45) is 0 Å². The van der Waals surface area contributed by atoms with Crippen molar-refractivity contribution >= 4 is 28.8 Å². The fraction of sp³-hybridized carbons (Fsp3) is 0.250. The summed E-state index contributed by atoms with van der Waals surface area (Å²) in [6.45, 7) is 2.63. The van der Waals surface area contributed by atoms with Crippen molar-refractivity contribution in [3.8, 4) is 6.07 Å². The summed E-state index contributed by atoms with van der Waals surface area (Å²) in [7, 11) is 1.91. The van der Waals surface area contributed by atoms with Crippen molar-refractivity contribution in [1.29, 1.82) is 5.26 Å². The second-order valence-electron chi connectivity index (χ2n) is 3.85. The molecule has 2 aromatic heterocycles. The number of nitrogens with zero attached hydrogens (tertiary/aromatic N) is 4. The van der Waals surface area contributed by atoms with Crippen molar-refractivity contribution in [3.63, 3.8) is 0 Å². The van der Waals surface area contributed by atoms with Gasteiger partial charge in [0.15, 0.2) is 5.69 Å². The van der Waals surface area contributed by atoms with Crippen molar-refractivity contribution in [1.82, 2.24) is 9.97 Å². The molecule has 0 N–H and O–H groups in total. The first-order valence-electron chi connectivity index (χ1n) is 5.29. The molecule has 0 fully saturated rings. The molecule has 0 amide bonds. The molecule has 0 saturated carbocycles. The topological polar surface area (TPSA) is 52.8 Å². The van der Waals surface area contributed by atoms with Gasteiger partial charge in [-0.05, 0) is 19.1 Å². The first-order valence-corrected chi connectivity index (χ1v) is 6.54. The number of nitriles is 1. The van der Waals surface area contributed by atoms with Crippen molar-refractivity contribution < 1.29 is 0 Å². The summed E-state index contributed by atoms with van der Waals surface area (Å²) in [6.07, 6.45) is 0. The van der Waals surface area contributed by atoms with Crippen molar-refractivity contribution in [3.05, 3.63) is 38.9 Å². The molecule has 0 unspecified atom stereocenters. The van der Waals surface area contributed by atoms with Crippen LogP contribution in [0.1, 0.15) is 16.4 Å². The zero-order valence-corrected chi connectivity index (χ0v) is 11.6. The SMILES string of the molecule is Cc1csc(CN(C)c2ccc(Cl)c(C#N)n2)n1. The Bertz CT molecular complexity index is 602. The quantitative estimate of drug-likeness (QED) is 0.866. The monoisotopic (exact) mass is 278 g/mol. The molecule has 4 nitrogen and oxygen atoms in total. The van der Waals surface area contributed by atoms with Gasteiger partial charge in [0.1, 0.15) is 16.9 Å². The number of aryl methyl sites for hydroxylation is 1. The normalized spacial score (nSPS) is 10.1. The van der Waals surface area contributed by atoms with E-state index in [1.165, 1.54) is 0 Å². The lowest BCUT2D eigenvalue weighted by atomic mass is 10.3. The Labute approximate surface area is 114 Å². The minimum absolute atomic E-state index is 0.247. The van der Waals surface area contributed by atoms with E-state index in [2.05, 4.69) is 9.97 Å². The maximum atomic E-state index is 8.89. The third kappa shape index (κ3) is 2.78. The number of hydrogen-bond donors (Lipinski definition) is 0. The van der Waals surface area contributed by atoms with Crippen LogP contribution in [0.15, 0.2) is 17.5 Å². The van der Waals surface area contributed by atoms with E-state index in [4.69, 9.17) is 16.9 Å². The third-order valence-corrected chi connectivity index (χ3v) is 3.62. The molecule has 0 saturated heterocycles. The summed E-state index contributed by atoms with van der Waals surface area (Å²) in [5.74, 6) is 0.712. The maximum absolute atomic E-state index is 8.89. The molecule has 92 valence electrons. The van der Waals surface area contributed by atoms with E-state index in [1.54, 1.807) is 23.5 Å². The molecule has 0 radical (unpaired) electrons. The Kier molecular flexibility index (Phi) is 3.80. The van der Waals surface area contributed by atoms with Gasteiger partial charge in [0.2, 0.25) is 0 Å². The number of thiazole rings is 1. The second-order valence-corrected chi connectivity index (χ2v) is 5.20. The minimum atomic E-state index is 0.247. The Morgan fingerprint density at radius 3 is 2.83 bits per heavy atom. The largest absolute Gasteiger partial charge is 0.353 e. The predicted molar refractivity (Wildman–Crippen MR) is 72.9 cm³/mol. The van der Waals surface area contributed by atoms with Crippen LogP contribution in [-0.2, 0) is 6.54 Å². The summed E-state index contributed by atoms with van der Waals surface area (Å²) in [6, 6.07) is 5.46. The van der Waals surface area contributed by atoms with Gasteiger partial charge in [0.25, 0.3) is 0 Å². The van der Waals surface area contributed by atoms with Crippen LogP contribution in [0.3, 0.4) is 0 Å². The molecule has 2 heterocycles. The Balaban J connectivity index is 2.19. The Hall–Kier alpha value is -1.64. The van der Waals surface area contributed by atoms with Gasteiger partial charge in [-0.3, -0.25) is 0 Å². The van der Waals surface area contributed by atoms with Crippen LogP contribution in [0, 0.1) is 18.3 Å². The highest BCUT2D eigenvalue weighted by Crippen LogP contribution is 2.20. The lowest BCUT2D eigenvalue weighted by molar-refractivity contribution is 0.882. The van der Waals surface area contributed by atoms with Gasteiger partial charge in [-0.2, -0.15) is 5.26 Å². The lowest BCUT2D eigenvalue weighted by Crippen LogP contribution is -2.17. The molecule has 18 heavy (non-hydrogen) atoms. The van der Waals surface area contributed by atoms with Gasteiger partial charge in [-0.1, -0.05) is 11.6 Å². The number of rotatable bonds is 3. The van der Waals surface area contributed by atoms with Gasteiger partial charge in [0.05, 0.1) is 11.6 Å². The molecule has 0 aliphatic rings. The standard InChI is InChI=1S/C12H11ClN4S/c1-8-7-18-12(15-8)6-17(2)11-4-3-9(13)10(5-14)16-11/h3-4,7H,6H2,1-2H3. The van der Waals surface area contributed by atoms with E-state index in [0.29, 0.717) is 17.4 Å². The summed E-state index contributed by atoms with van der Waals surface area (Å²) >= 11 is 7.46. The highest BCUT2D eigenvalue weighted by molar-refractivity contribution is 7.09. The highest BCUT2D eigenvalue weighted by atomic mass is 35.5. The van der Waals surface area contributed by atoms with Crippen molar-refractivity contribution in [2.45, 2.75) is 13.5 Å². The van der Waals surface area contributed by atoms with Crippen LogP contribution in [0.4, 0.5) is 5.82 Å². The number of anilines is 1. The number of hydrogen-bond acceptors (Lipinski definition) is 5. The van der Waals surface area contributed by atoms with Crippen LogP contribution in [0.2, 0.25) is 5.02 Å². The van der Waals surface area contributed by atoms with E-state index in [-0.39, 0.29) is 5.69 Å². The molecule has 0 spiro atoms. The molecular formula is C12H11ClN4S. The molecular weight excluding hydrogens is 268 g/mol. The van der Waals surface area contributed by atoms with Gasteiger partial charge in [0, 0.05) is 18.1 Å². The van der Waals surface area contributed by atoms with Crippen LogP contribution >= 0.6 is 22.9 Å². The number of aromatic nitrogens is 2. The summed E-state index contributed by atoms with van der Waals surface area (Å²) in [4.78, 5) is 10.5. The molecule has 0 atom stereocenters. The second kappa shape index (κ2) is 5.34. The van der Waals surface area contributed by atoms with E-state index in [9.17, 15) is 0 Å². The lowest BCUT2D eigenvalue weighted by Gasteiger charge is -2.16. The predicted octanol–water partition coefficient (Wildman–Crippen LogP) is 3.01. The molecule has 0 aliphatic heterocycles. The summed E-state index contributed by atoms with van der Waals surface area (Å²) in [5.41, 5.74) is 1.27. The minimum Gasteiger partial charge on any atom is -0.353 e. The maximum Gasteiger partial charge on any atom is 0.161 e. The fourth-order valence-corrected chi connectivity index (χ4v) is 2.45. The number of pyridine rings is 1. The number of halogens is 1. The van der Waals surface area contributed by atoms with E-state index >= 15 is 0 Å². The van der Waals surface area contributed by atoms with E-state index in [1.807, 2.05) is 30.3 Å². The summed E-state index contributed by atoms with van der Waals surface area (Å²) in [5, 5.41) is 12.3. The molecule has 2 aromatic rings. The Morgan fingerprint density at radius 1 is 1.44 bits per heavy atom. The fourth-order valence-electron chi connectivity index (χ4n) is 1.48. The van der Waals surface area contributed by atoms with Crippen LogP contribution < -0.4 is 4.90 Å². The third-order valence-electron chi connectivity index (χ3n) is 2.37. The van der Waals surface area contributed by atoms with Gasteiger partial charge in [-0.25, -0.2) is 9.97 Å². The average molecular weight is 279 g/mol. The average Bonchev–Trinajstić information content (AvgIpc) is 2.75. The van der Waals surface area contributed by atoms with Gasteiger partial charge in [-0.15, -0.1) is 11.3 Å². The zero-order chi connectivity index (χ0) is 13.1. The molecule has 2 rings (SSSR count). The van der Waals surface area contributed by atoms with E-state index in [0.717, 1.165) is 10.7 Å². The zero-order valence-electron chi connectivity index (χ0n) is 10.0. The van der Waals surface area contributed by atoms with Crippen LogP contribution in [0.5, 0.6) is 0 Å². The van der Waals surface area contributed by atoms with Crippen LogP contribution in [0.25, 0.3) is 0 Å². The first kappa shape index (κ1) is 12.8. The smallest absolute Gasteiger partial charge is 0.161 e. The Morgan fingerprint density at radius 2 is 2.22 bits per heavy atom. The van der Waals surface area contributed by atoms with Gasteiger partial charge < -0.3 is 4.90 Å². The van der Waals surface area contributed by atoms with Gasteiger partial charge >= 0.3 is 0 Å². The van der Waals surface area contributed by atoms with E-state index < -0.39 is 0 Å². The van der Waals surface area contributed by atoms with Crippen molar-refractivity contribution in [2.75, 3.05) is 11.9 Å². The molecule has 6 heteroatoms. The molecule has 0 aromatic carbocycles. The highest BCUT2D eigenvalue weighted by Gasteiger charge is 2.09. The molecule has 0 aliphatic carbocycles. The molecule has 0 bridgehead atoms.